The maximum Gasteiger partial charge on any atom is 0.255 e. The first-order valence-electron chi connectivity index (χ1n) is 7.80. The fourth-order valence-electron chi connectivity index (χ4n) is 3.54. The van der Waals surface area contributed by atoms with Gasteiger partial charge in [0.05, 0.1) is 11.5 Å². The Hall–Kier alpha value is -2.69. The van der Waals surface area contributed by atoms with Gasteiger partial charge in [0, 0.05) is 43.6 Å². The summed E-state index contributed by atoms with van der Waals surface area (Å²) in [6, 6.07) is 13.3. The average Bonchev–Trinajstić information content (AvgIpc) is 3.16. The third kappa shape index (κ3) is 2.38. The van der Waals surface area contributed by atoms with Crippen LogP contribution in [0.3, 0.4) is 0 Å². The molecule has 1 aromatic carbocycles. The Kier molecular flexibility index (Phi) is 3.33. The standard InChI is InChI=1S/C18H17N3O2/c22-17(13-5-4-8-19-9-13)20-10-14-11-21(18(23)16(14)12-20)15-6-2-1-3-7-15/h1-9,14,16H,10-12H2/t14-,16-/m0/s1. The predicted molar refractivity (Wildman–Crippen MR) is 85.9 cm³/mol. The van der Waals surface area contributed by atoms with Gasteiger partial charge < -0.3 is 9.80 Å². The van der Waals surface area contributed by atoms with Crippen LogP contribution >= 0.6 is 0 Å². The Morgan fingerprint density at radius 1 is 1.04 bits per heavy atom. The molecule has 2 aliphatic rings. The highest BCUT2D eigenvalue weighted by atomic mass is 16.2. The Bertz CT molecular complexity index is 732. The Labute approximate surface area is 134 Å². The van der Waals surface area contributed by atoms with Crippen LogP contribution in [0.5, 0.6) is 0 Å². The van der Waals surface area contributed by atoms with Gasteiger partial charge >= 0.3 is 0 Å². The van der Waals surface area contributed by atoms with Crippen molar-refractivity contribution in [2.75, 3.05) is 24.5 Å². The predicted octanol–water partition coefficient (Wildman–Crippen LogP) is 1.82. The molecule has 0 unspecified atom stereocenters. The first-order valence-corrected chi connectivity index (χ1v) is 7.80. The Balaban J connectivity index is 1.49. The highest BCUT2D eigenvalue weighted by Gasteiger charge is 2.47. The van der Waals surface area contributed by atoms with Crippen molar-refractivity contribution in [2.24, 2.45) is 11.8 Å². The molecular weight excluding hydrogens is 290 g/mol. The minimum Gasteiger partial charge on any atom is -0.337 e. The molecule has 0 saturated carbocycles. The van der Waals surface area contributed by atoms with E-state index in [-0.39, 0.29) is 23.7 Å². The normalized spacial score (nSPS) is 23.2. The van der Waals surface area contributed by atoms with Gasteiger partial charge in [0.15, 0.2) is 0 Å². The quantitative estimate of drug-likeness (QED) is 0.850. The van der Waals surface area contributed by atoms with E-state index in [1.807, 2.05) is 35.2 Å². The van der Waals surface area contributed by atoms with E-state index < -0.39 is 0 Å². The largest absolute Gasteiger partial charge is 0.337 e. The Morgan fingerprint density at radius 3 is 2.57 bits per heavy atom. The maximum absolute atomic E-state index is 12.7. The highest BCUT2D eigenvalue weighted by Crippen LogP contribution is 2.35. The van der Waals surface area contributed by atoms with Crippen LogP contribution in [-0.2, 0) is 4.79 Å². The van der Waals surface area contributed by atoms with Crippen LogP contribution in [-0.4, -0.2) is 41.3 Å². The summed E-state index contributed by atoms with van der Waals surface area (Å²) in [4.78, 5) is 32.8. The molecule has 2 fully saturated rings. The van der Waals surface area contributed by atoms with Crippen molar-refractivity contribution >= 4 is 17.5 Å². The minimum absolute atomic E-state index is 0.0356. The lowest BCUT2D eigenvalue weighted by Crippen LogP contribution is -2.35. The summed E-state index contributed by atoms with van der Waals surface area (Å²) in [7, 11) is 0. The number of anilines is 1. The monoisotopic (exact) mass is 307 g/mol. The zero-order valence-electron chi connectivity index (χ0n) is 12.6. The van der Waals surface area contributed by atoms with Crippen LogP contribution in [0.25, 0.3) is 0 Å². The van der Waals surface area contributed by atoms with Crippen LogP contribution in [0.15, 0.2) is 54.9 Å². The van der Waals surface area contributed by atoms with Crippen LogP contribution in [0.1, 0.15) is 10.4 Å². The number of hydrogen-bond acceptors (Lipinski definition) is 3. The number of carbonyl (C=O) groups is 2. The number of amides is 2. The summed E-state index contributed by atoms with van der Waals surface area (Å²) in [5.41, 5.74) is 1.52. The summed E-state index contributed by atoms with van der Waals surface area (Å²) in [6.45, 7) is 1.82. The SMILES string of the molecule is O=C(c1cccnc1)N1C[C@H]2CN(c3ccccc3)C(=O)[C@H]2C1. The fraction of sp³-hybridized carbons (Fsp3) is 0.278. The minimum atomic E-state index is -0.0872. The zero-order valence-corrected chi connectivity index (χ0v) is 12.6. The lowest BCUT2D eigenvalue weighted by atomic mass is 10.0. The second-order valence-corrected chi connectivity index (χ2v) is 6.10. The maximum atomic E-state index is 12.7. The highest BCUT2D eigenvalue weighted by molar-refractivity contribution is 6.00. The van der Waals surface area contributed by atoms with Gasteiger partial charge in [-0.2, -0.15) is 0 Å². The molecule has 2 saturated heterocycles. The molecule has 5 heteroatoms. The second kappa shape index (κ2) is 5.50. The number of nitrogens with zero attached hydrogens (tertiary/aromatic N) is 3. The molecule has 0 spiro atoms. The van der Waals surface area contributed by atoms with Crippen LogP contribution in [0.2, 0.25) is 0 Å². The molecule has 5 nitrogen and oxygen atoms in total. The number of aromatic nitrogens is 1. The first-order chi connectivity index (χ1) is 11.2. The lowest BCUT2D eigenvalue weighted by molar-refractivity contribution is -0.120. The van der Waals surface area contributed by atoms with E-state index in [4.69, 9.17) is 0 Å². The third-order valence-electron chi connectivity index (χ3n) is 4.70. The molecule has 0 aliphatic carbocycles. The van der Waals surface area contributed by atoms with Crippen molar-refractivity contribution in [2.45, 2.75) is 0 Å². The number of para-hydroxylation sites is 1. The van der Waals surface area contributed by atoms with E-state index in [0.717, 1.165) is 5.69 Å². The molecule has 4 rings (SSSR count). The molecule has 2 atom stereocenters. The van der Waals surface area contributed by atoms with Crippen molar-refractivity contribution in [3.8, 4) is 0 Å². The molecule has 0 N–H and O–H groups in total. The Morgan fingerprint density at radius 2 is 1.87 bits per heavy atom. The number of pyridine rings is 1. The van der Waals surface area contributed by atoms with Gasteiger partial charge in [-0.3, -0.25) is 14.6 Å². The van der Waals surface area contributed by atoms with E-state index in [0.29, 0.717) is 25.2 Å². The van der Waals surface area contributed by atoms with Crippen LogP contribution in [0.4, 0.5) is 5.69 Å². The fourth-order valence-corrected chi connectivity index (χ4v) is 3.54. The number of carbonyl (C=O) groups excluding carboxylic acids is 2. The van der Waals surface area contributed by atoms with Gasteiger partial charge in [0.2, 0.25) is 5.91 Å². The third-order valence-corrected chi connectivity index (χ3v) is 4.70. The number of benzene rings is 1. The zero-order chi connectivity index (χ0) is 15.8. The number of rotatable bonds is 2. The molecule has 2 amide bonds. The molecule has 1 aromatic heterocycles. The van der Waals surface area contributed by atoms with E-state index in [2.05, 4.69) is 4.98 Å². The number of fused-ring (bicyclic) bond motifs is 1. The van der Waals surface area contributed by atoms with Crippen LogP contribution < -0.4 is 4.90 Å². The molecule has 116 valence electrons. The van der Waals surface area contributed by atoms with Crippen molar-refractivity contribution in [1.29, 1.82) is 0 Å². The lowest BCUT2D eigenvalue weighted by Gasteiger charge is -2.22. The smallest absolute Gasteiger partial charge is 0.255 e. The van der Waals surface area contributed by atoms with Crippen molar-refractivity contribution in [1.82, 2.24) is 9.88 Å². The van der Waals surface area contributed by atoms with Crippen molar-refractivity contribution in [3.05, 3.63) is 60.4 Å². The van der Waals surface area contributed by atoms with Gasteiger partial charge in [0.25, 0.3) is 5.91 Å². The van der Waals surface area contributed by atoms with Gasteiger partial charge in [-0.15, -0.1) is 0 Å². The summed E-state index contributed by atoms with van der Waals surface area (Å²) in [5.74, 6) is 0.216. The molecular formula is C18H17N3O2. The molecule has 23 heavy (non-hydrogen) atoms. The molecule has 2 aliphatic heterocycles. The van der Waals surface area contributed by atoms with Crippen LogP contribution in [0, 0.1) is 11.8 Å². The summed E-state index contributed by atoms with van der Waals surface area (Å²) >= 11 is 0. The summed E-state index contributed by atoms with van der Waals surface area (Å²) in [5, 5.41) is 0. The second-order valence-electron chi connectivity index (χ2n) is 6.10. The van der Waals surface area contributed by atoms with Gasteiger partial charge in [-0.1, -0.05) is 18.2 Å². The van der Waals surface area contributed by atoms with E-state index in [9.17, 15) is 9.59 Å². The van der Waals surface area contributed by atoms with Gasteiger partial charge in [-0.05, 0) is 24.3 Å². The van der Waals surface area contributed by atoms with E-state index >= 15 is 0 Å². The van der Waals surface area contributed by atoms with Gasteiger partial charge in [-0.25, -0.2) is 0 Å². The van der Waals surface area contributed by atoms with E-state index in [1.54, 1.807) is 29.4 Å². The van der Waals surface area contributed by atoms with Gasteiger partial charge in [0.1, 0.15) is 0 Å². The number of hydrogen-bond donors (Lipinski definition) is 0. The van der Waals surface area contributed by atoms with Crippen molar-refractivity contribution in [3.63, 3.8) is 0 Å². The molecule has 0 bridgehead atoms. The molecule has 2 aromatic rings. The topological polar surface area (TPSA) is 53.5 Å². The average molecular weight is 307 g/mol. The molecule has 0 radical (unpaired) electrons. The summed E-state index contributed by atoms with van der Waals surface area (Å²) < 4.78 is 0. The van der Waals surface area contributed by atoms with Crippen molar-refractivity contribution < 1.29 is 9.59 Å². The molecule has 3 heterocycles. The number of likely N-dealkylation sites (tertiary alicyclic amines) is 1. The van der Waals surface area contributed by atoms with E-state index in [1.165, 1.54) is 0 Å². The first kappa shape index (κ1) is 13.9. The summed E-state index contributed by atoms with van der Waals surface area (Å²) in [6.07, 6.45) is 3.23.